The standard InChI is InChI=1S/C22H28N2O3/c1-16-11-20(26-3)21(27-4)12-19(16)13-23(2)22(25)15-24-10-9-17-7-5-6-8-18(17)14-24/h5-8,11-12H,9-10,13-15H2,1-4H3. The number of carbonyl (C=O) groups is 1. The number of likely N-dealkylation sites (N-methyl/N-ethyl adjacent to an activating group) is 1. The van der Waals surface area contributed by atoms with Gasteiger partial charge in [0.15, 0.2) is 11.5 Å². The maximum atomic E-state index is 12.7. The topological polar surface area (TPSA) is 42.0 Å². The third kappa shape index (κ3) is 4.42. The van der Waals surface area contributed by atoms with E-state index in [2.05, 4.69) is 29.2 Å². The lowest BCUT2D eigenvalue weighted by Crippen LogP contribution is -2.40. The summed E-state index contributed by atoms with van der Waals surface area (Å²) >= 11 is 0. The van der Waals surface area contributed by atoms with Crippen LogP contribution >= 0.6 is 0 Å². The fourth-order valence-electron chi connectivity index (χ4n) is 3.54. The summed E-state index contributed by atoms with van der Waals surface area (Å²) in [6.07, 6.45) is 1.00. The lowest BCUT2D eigenvalue weighted by molar-refractivity contribution is -0.131. The van der Waals surface area contributed by atoms with Crippen molar-refractivity contribution < 1.29 is 14.3 Å². The Balaban J connectivity index is 1.63. The van der Waals surface area contributed by atoms with Crippen LogP contribution in [0.3, 0.4) is 0 Å². The Kier molecular flexibility index (Phi) is 6.01. The summed E-state index contributed by atoms with van der Waals surface area (Å²) in [5.74, 6) is 1.52. The number of ether oxygens (including phenoxy) is 2. The molecule has 2 aromatic rings. The molecule has 5 heteroatoms. The molecule has 1 aliphatic rings. The molecule has 144 valence electrons. The van der Waals surface area contributed by atoms with Gasteiger partial charge in [0.25, 0.3) is 0 Å². The molecule has 1 heterocycles. The molecule has 0 radical (unpaired) electrons. The molecule has 1 aliphatic heterocycles. The van der Waals surface area contributed by atoms with E-state index >= 15 is 0 Å². The van der Waals surface area contributed by atoms with Crippen LogP contribution in [0.5, 0.6) is 11.5 Å². The van der Waals surface area contributed by atoms with Crippen molar-refractivity contribution in [3.05, 3.63) is 58.7 Å². The number of carbonyl (C=O) groups excluding carboxylic acids is 1. The molecule has 0 aliphatic carbocycles. The summed E-state index contributed by atoms with van der Waals surface area (Å²) in [7, 11) is 5.11. The maximum Gasteiger partial charge on any atom is 0.236 e. The van der Waals surface area contributed by atoms with Crippen LogP contribution in [0.2, 0.25) is 0 Å². The Morgan fingerprint density at radius 2 is 1.78 bits per heavy atom. The number of rotatable bonds is 6. The van der Waals surface area contributed by atoms with E-state index in [4.69, 9.17) is 9.47 Å². The monoisotopic (exact) mass is 368 g/mol. The predicted molar refractivity (Wildman–Crippen MR) is 106 cm³/mol. The molecule has 0 atom stereocenters. The van der Waals surface area contributed by atoms with Gasteiger partial charge in [-0.2, -0.15) is 0 Å². The van der Waals surface area contributed by atoms with Crippen molar-refractivity contribution >= 4 is 5.91 Å². The highest BCUT2D eigenvalue weighted by molar-refractivity contribution is 5.78. The van der Waals surface area contributed by atoms with Crippen molar-refractivity contribution in [3.8, 4) is 11.5 Å². The molecular weight excluding hydrogens is 340 g/mol. The van der Waals surface area contributed by atoms with Gasteiger partial charge in [0.1, 0.15) is 0 Å². The summed E-state index contributed by atoms with van der Waals surface area (Å²) < 4.78 is 10.7. The van der Waals surface area contributed by atoms with Crippen molar-refractivity contribution in [3.63, 3.8) is 0 Å². The normalized spacial score (nSPS) is 13.8. The van der Waals surface area contributed by atoms with E-state index < -0.39 is 0 Å². The van der Waals surface area contributed by atoms with Crippen LogP contribution < -0.4 is 9.47 Å². The number of benzene rings is 2. The van der Waals surface area contributed by atoms with Crippen LogP contribution in [-0.2, 0) is 24.3 Å². The smallest absolute Gasteiger partial charge is 0.236 e. The Morgan fingerprint density at radius 1 is 1.11 bits per heavy atom. The Morgan fingerprint density at radius 3 is 2.48 bits per heavy atom. The van der Waals surface area contributed by atoms with E-state index in [1.807, 2.05) is 26.1 Å². The zero-order valence-electron chi connectivity index (χ0n) is 16.6. The van der Waals surface area contributed by atoms with Crippen LogP contribution in [0.15, 0.2) is 36.4 Å². The number of fused-ring (bicyclic) bond motifs is 1. The molecular formula is C22H28N2O3. The van der Waals surface area contributed by atoms with E-state index in [-0.39, 0.29) is 5.91 Å². The summed E-state index contributed by atoms with van der Waals surface area (Å²) in [6, 6.07) is 12.4. The molecule has 0 aromatic heterocycles. The van der Waals surface area contributed by atoms with Crippen LogP contribution in [0.25, 0.3) is 0 Å². The molecule has 1 amide bonds. The summed E-state index contributed by atoms with van der Waals surface area (Å²) in [5.41, 5.74) is 4.87. The highest BCUT2D eigenvalue weighted by Crippen LogP contribution is 2.30. The van der Waals surface area contributed by atoms with E-state index in [0.29, 0.717) is 24.6 Å². The predicted octanol–water partition coefficient (Wildman–Crippen LogP) is 3.03. The van der Waals surface area contributed by atoms with Crippen LogP contribution in [0.1, 0.15) is 22.3 Å². The number of amides is 1. The molecule has 27 heavy (non-hydrogen) atoms. The van der Waals surface area contributed by atoms with Crippen LogP contribution in [0.4, 0.5) is 0 Å². The van der Waals surface area contributed by atoms with E-state index in [0.717, 1.165) is 30.6 Å². The van der Waals surface area contributed by atoms with Crippen molar-refractivity contribution in [1.82, 2.24) is 9.80 Å². The molecule has 0 bridgehead atoms. The second-order valence-electron chi connectivity index (χ2n) is 7.11. The fraction of sp³-hybridized carbons (Fsp3) is 0.409. The number of nitrogens with zero attached hydrogens (tertiary/aromatic N) is 2. The van der Waals surface area contributed by atoms with Gasteiger partial charge in [-0.3, -0.25) is 9.69 Å². The molecule has 0 saturated carbocycles. The average molecular weight is 368 g/mol. The van der Waals surface area contributed by atoms with Crippen LogP contribution in [0, 0.1) is 6.92 Å². The number of hydrogen-bond donors (Lipinski definition) is 0. The Labute approximate surface area is 161 Å². The van der Waals surface area contributed by atoms with Gasteiger partial charge < -0.3 is 14.4 Å². The Bertz CT molecular complexity index is 819. The molecule has 5 nitrogen and oxygen atoms in total. The molecule has 0 unspecified atom stereocenters. The highest BCUT2D eigenvalue weighted by atomic mass is 16.5. The van der Waals surface area contributed by atoms with Crippen LogP contribution in [-0.4, -0.2) is 50.1 Å². The third-order valence-electron chi connectivity index (χ3n) is 5.24. The first kappa shape index (κ1) is 19.2. The molecule has 0 saturated heterocycles. The lowest BCUT2D eigenvalue weighted by atomic mass is 10.00. The first-order chi connectivity index (χ1) is 13.0. The van der Waals surface area contributed by atoms with Gasteiger partial charge in [-0.15, -0.1) is 0 Å². The minimum atomic E-state index is 0.128. The SMILES string of the molecule is COc1cc(C)c(CN(C)C(=O)CN2CCc3ccccc3C2)cc1OC. The molecule has 0 fully saturated rings. The van der Waals surface area contributed by atoms with E-state index in [1.54, 1.807) is 19.1 Å². The summed E-state index contributed by atoms with van der Waals surface area (Å²) in [5, 5.41) is 0. The van der Waals surface area contributed by atoms with E-state index in [1.165, 1.54) is 11.1 Å². The summed E-state index contributed by atoms with van der Waals surface area (Å²) in [4.78, 5) is 16.8. The second-order valence-corrected chi connectivity index (χ2v) is 7.11. The van der Waals surface area contributed by atoms with Crippen molar-refractivity contribution in [2.24, 2.45) is 0 Å². The lowest BCUT2D eigenvalue weighted by Gasteiger charge is -2.30. The number of hydrogen-bond acceptors (Lipinski definition) is 4. The quantitative estimate of drug-likeness (QED) is 0.786. The van der Waals surface area contributed by atoms with E-state index in [9.17, 15) is 4.79 Å². The molecule has 2 aromatic carbocycles. The minimum absolute atomic E-state index is 0.128. The summed E-state index contributed by atoms with van der Waals surface area (Å²) in [6.45, 7) is 4.78. The third-order valence-corrected chi connectivity index (χ3v) is 5.24. The van der Waals surface area contributed by atoms with Crippen molar-refractivity contribution in [2.45, 2.75) is 26.4 Å². The van der Waals surface area contributed by atoms with Gasteiger partial charge in [0.2, 0.25) is 5.91 Å². The second kappa shape index (κ2) is 8.44. The molecule has 0 N–H and O–H groups in total. The van der Waals surface area contributed by atoms with Gasteiger partial charge in [0.05, 0.1) is 20.8 Å². The van der Waals surface area contributed by atoms with Gasteiger partial charge in [-0.05, 0) is 47.7 Å². The Hall–Kier alpha value is -2.53. The van der Waals surface area contributed by atoms with Crippen molar-refractivity contribution in [2.75, 3.05) is 34.4 Å². The largest absolute Gasteiger partial charge is 0.493 e. The fourth-order valence-corrected chi connectivity index (χ4v) is 3.54. The zero-order valence-corrected chi connectivity index (χ0v) is 16.6. The molecule has 3 rings (SSSR count). The molecule has 0 spiro atoms. The minimum Gasteiger partial charge on any atom is -0.493 e. The first-order valence-electron chi connectivity index (χ1n) is 9.26. The average Bonchev–Trinajstić information content (AvgIpc) is 2.68. The maximum absolute atomic E-state index is 12.7. The van der Waals surface area contributed by atoms with Gasteiger partial charge in [0, 0.05) is 26.7 Å². The van der Waals surface area contributed by atoms with Crippen molar-refractivity contribution in [1.29, 1.82) is 0 Å². The highest BCUT2D eigenvalue weighted by Gasteiger charge is 2.20. The number of aryl methyl sites for hydroxylation is 1. The zero-order chi connectivity index (χ0) is 19.4. The van der Waals surface area contributed by atoms with Gasteiger partial charge in [-0.25, -0.2) is 0 Å². The first-order valence-corrected chi connectivity index (χ1v) is 9.26. The van der Waals surface area contributed by atoms with Gasteiger partial charge >= 0.3 is 0 Å². The van der Waals surface area contributed by atoms with Gasteiger partial charge in [-0.1, -0.05) is 24.3 Å². The number of methoxy groups -OCH3 is 2.